The van der Waals surface area contributed by atoms with Crippen molar-refractivity contribution < 1.29 is 29.0 Å². The Hall–Kier alpha value is -4.78. The standard InChI is InChI=1S/C21H14ClN7O6/c1-35-18(33)16(31)13(15(30)10-6-8-23-9-7-10)14-17(32)29-19(25-14)27-28-20(29)26-21(34)24-12-4-2-11(22)3-5-12/h2-9,13,32H,1H3,(H,24,34)/t13-/m0/s1. The van der Waals surface area contributed by atoms with Crippen molar-refractivity contribution in [2.45, 2.75) is 5.92 Å². The first-order valence-corrected chi connectivity index (χ1v) is 10.1. The first-order chi connectivity index (χ1) is 16.8. The number of aromatic hydroxyl groups is 1. The quantitative estimate of drug-likeness (QED) is 0.227. The second kappa shape index (κ2) is 9.61. The maximum atomic E-state index is 13.1. The number of azo groups is 1. The Bertz CT molecular complexity index is 1400. The third kappa shape index (κ3) is 4.65. The minimum Gasteiger partial charge on any atom is -0.493 e. The number of imidazole rings is 1. The maximum Gasteiger partial charge on any atom is 0.375 e. The highest BCUT2D eigenvalue weighted by Crippen LogP contribution is 2.36. The minimum atomic E-state index is -1.86. The van der Waals surface area contributed by atoms with Crippen molar-refractivity contribution >= 4 is 52.8 Å². The summed E-state index contributed by atoms with van der Waals surface area (Å²) in [5.41, 5.74) is -0.0597. The van der Waals surface area contributed by atoms with Crippen LogP contribution in [0.25, 0.3) is 0 Å². The van der Waals surface area contributed by atoms with E-state index in [0.29, 0.717) is 10.7 Å². The highest BCUT2D eigenvalue weighted by Gasteiger charge is 2.41. The Kier molecular flexibility index (Phi) is 6.42. The molecule has 35 heavy (non-hydrogen) atoms. The summed E-state index contributed by atoms with van der Waals surface area (Å²) in [4.78, 5) is 61.6. The molecule has 13 nitrogen and oxygen atoms in total. The third-order valence-corrected chi connectivity index (χ3v) is 4.99. The normalized spacial score (nSPS) is 13.8. The van der Waals surface area contributed by atoms with Gasteiger partial charge in [-0.15, -0.1) is 10.2 Å². The summed E-state index contributed by atoms with van der Waals surface area (Å²) < 4.78 is 5.31. The van der Waals surface area contributed by atoms with Gasteiger partial charge in [-0.1, -0.05) is 11.6 Å². The Balaban J connectivity index is 1.69. The molecule has 0 radical (unpaired) electrons. The molecule has 3 heterocycles. The van der Waals surface area contributed by atoms with Crippen LogP contribution in [0.3, 0.4) is 0 Å². The second-order valence-corrected chi connectivity index (χ2v) is 7.33. The number of ether oxygens (including phenoxy) is 1. The molecule has 0 unspecified atom stereocenters. The number of pyridine rings is 1. The van der Waals surface area contributed by atoms with E-state index in [2.05, 4.69) is 35.2 Å². The lowest BCUT2D eigenvalue weighted by Gasteiger charge is -2.12. The van der Waals surface area contributed by atoms with Gasteiger partial charge in [0.15, 0.2) is 5.78 Å². The Morgan fingerprint density at radius 1 is 1.09 bits per heavy atom. The van der Waals surface area contributed by atoms with E-state index in [4.69, 9.17) is 11.6 Å². The summed E-state index contributed by atoms with van der Waals surface area (Å²) >= 11 is 5.81. The molecule has 0 saturated heterocycles. The zero-order chi connectivity index (χ0) is 25.1. The molecule has 1 aromatic carbocycles. The molecule has 1 aliphatic rings. The molecule has 3 aromatic rings. The van der Waals surface area contributed by atoms with E-state index in [1.54, 1.807) is 24.3 Å². The smallest absolute Gasteiger partial charge is 0.375 e. The van der Waals surface area contributed by atoms with Gasteiger partial charge in [0.2, 0.25) is 5.88 Å². The zero-order valence-electron chi connectivity index (χ0n) is 17.7. The van der Waals surface area contributed by atoms with Crippen LogP contribution >= 0.6 is 11.6 Å². The van der Waals surface area contributed by atoms with Gasteiger partial charge in [0.25, 0.3) is 17.7 Å². The zero-order valence-corrected chi connectivity index (χ0v) is 18.5. The Morgan fingerprint density at radius 3 is 2.43 bits per heavy atom. The number of carbonyl (C=O) groups is 4. The molecular weight excluding hydrogens is 482 g/mol. The first kappa shape index (κ1) is 23.4. The van der Waals surface area contributed by atoms with Crippen LogP contribution in [0, 0.1) is 0 Å². The summed E-state index contributed by atoms with van der Waals surface area (Å²) in [5, 5.41) is 21.2. The summed E-state index contributed by atoms with van der Waals surface area (Å²) in [6, 6.07) is 8.00. The van der Waals surface area contributed by atoms with E-state index in [1.165, 1.54) is 24.5 Å². The van der Waals surface area contributed by atoms with Crippen molar-refractivity contribution in [3.63, 3.8) is 0 Å². The maximum absolute atomic E-state index is 13.1. The van der Waals surface area contributed by atoms with E-state index >= 15 is 0 Å². The molecule has 1 aliphatic heterocycles. The molecule has 176 valence electrons. The van der Waals surface area contributed by atoms with E-state index < -0.39 is 41.1 Å². The number of esters is 1. The molecule has 0 fully saturated rings. The predicted molar refractivity (Wildman–Crippen MR) is 120 cm³/mol. The number of amides is 2. The topological polar surface area (TPSA) is 178 Å². The number of rotatable bonds is 6. The van der Waals surface area contributed by atoms with Crippen LogP contribution in [0.5, 0.6) is 5.88 Å². The highest BCUT2D eigenvalue weighted by atomic mass is 35.5. The third-order valence-electron chi connectivity index (χ3n) is 4.74. The van der Waals surface area contributed by atoms with Crippen LogP contribution in [0.4, 0.5) is 16.4 Å². The minimum absolute atomic E-state index is 0.0349. The van der Waals surface area contributed by atoms with Gasteiger partial charge in [0.05, 0.1) is 7.11 Å². The van der Waals surface area contributed by atoms with Crippen LogP contribution in [0.15, 0.2) is 64.0 Å². The molecule has 1 atom stereocenters. The Morgan fingerprint density at radius 2 is 1.77 bits per heavy atom. The molecule has 0 saturated carbocycles. The number of aromatic nitrogens is 3. The number of hydrogen-bond donors (Lipinski definition) is 2. The largest absolute Gasteiger partial charge is 0.493 e. The summed E-state index contributed by atoms with van der Waals surface area (Å²) in [5.74, 6) is -6.69. The molecule has 2 N–H and O–H groups in total. The molecular formula is C21H14ClN7O6. The number of fused-ring (bicyclic) bond motifs is 1. The lowest BCUT2D eigenvalue weighted by Crippen LogP contribution is -2.30. The second-order valence-electron chi connectivity index (χ2n) is 6.89. The number of aliphatic imine (C=N–C) groups is 1. The Labute approximate surface area is 201 Å². The van der Waals surface area contributed by atoms with Gasteiger partial charge in [-0.3, -0.25) is 14.6 Å². The number of benzene rings is 1. The van der Waals surface area contributed by atoms with Gasteiger partial charge in [-0.2, -0.15) is 4.99 Å². The number of nitrogens with one attached hydrogen (secondary N) is 1. The predicted octanol–water partition coefficient (Wildman–Crippen LogP) is 2.88. The van der Waals surface area contributed by atoms with Crippen molar-refractivity contribution in [3.8, 4) is 5.88 Å². The number of nitrogens with zero attached hydrogens (tertiary/aromatic N) is 6. The van der Waals surface area contributed by atoms with Crippen molar-refractivity contribution in [2.75, 3.05) is 12.4 Å². The van der Waals surface area contributed by atoms with Crippen LogP contribution in [-0.4, -0.2) is 56.3 Å². The van der Waals surface area contributed by atoms with Gasteiger partial charge in [0.1, 0.15) is 11.6 Å². The van der Waals surface area contributed by atoms with Gasteiger partial charge < -0.3 is 15.2 Å². The van der Waals surface area contributed by atoms with Crippen LogP contribution in [0.2, 0.25) is 5.02 Å². The number of Topliss-reactive ketones (excluding diaryl/α,β-unsaturated/α-hetero) is 2. The van der Waals surface area contributed by atoms with E-state index in [-0.39, 0.29) is 17.5 Å². The molecule has 0 spiro atoms. The van der Waals surface area contributed by atoms with Gasteiger partial charge in [-0.05, 0) is 36.4 Å². The average Bonchev–Trinajstić information content (AvgIpc) is 3.40. The lowest BCUT2D eigenvalue weighted by atomic mass is 9.91. The average molecular weight is 496 g/mol. The van der Waals surface area contributed by atoms with Crippen molar-refractivity contribution in [1.82, 2.24) is 14.5 Å². The van der Waals surface area contributed by atoms with Crippen molar-refractivity contribution in [1.29, 1.82) is 0 Å². The molecule has 0 aliphatic carbocycles. The molecule has 14 heteroatoms. The number of hydrogen-bond acceptors (Lipinski definition) is 9. The van der Waals surface area contributed by atoms with E-state index in [1.807, 2.05) is 0 Å². The summed E-state index contributed by atoms with van der Waals surface area (Å²) in [6.45, 7) is 0. The van der Waals surface area contributed by atoms with Crippen LogP contribution in [0.1, 0.15) is 22.0 Å². The number of halogens is 1. The number of urea groups is 1. The van der Waals surface area contributed by atoms with Gasteiger partial charge in [0, 0.05) is 28.7 Å². The van der Waals surface area contributed by atoms with E-state index in [0.717, 1.165) is 11.7 Å². The lowest BCUT2D eigenvalue weighted by molar-refractivity contribution is -0.151. The molecule has 2 amide bonds. The van der Waals surface area contributed by atoms with Gasteiger partial charge >= 0.3 is 12.0 Å². The monoisotopic (exact) mass is 495 g/mol. The summed E-state index contributed by atoms with van der Waals surface area (Å²) in [6.07, 6.45) is 2.64. The van der Waals surface area contributed by atoms with Crippen molar-refractivity contribution in [2.24, 2.45) is 15.2 Å². The molecule has 4 rings (SSSR count). The van der Waals surface area contributed by atoms with E-state index in [9.17, 15) is 24.3 Å². The number of anilines is 1. The fraction of sp³-hybridized carbons (Fsp3) is 0.0952. The number of ketones is 2. The molecule has 0 bridgehead atoms. The summed E-state index contributed by atoms with van der Waals surface area (Å²) in [7, 11) is 0.972. The fourth-order valence-electron chi connectivity index (χ4n) is 3.11. The SMILES string of the molecule is COC(=O)C(=O)[C@H](C(=O)c1ccncc1)c1nc2n(c1O)C(=NC(=O)Nc1ccc(Cl)cc1)N=N2. The van der Waals surface area contributed by atoms with Crippen LogP contribution < -0.4 is 5.32 Å². The number of methoxy groups -OCH3 is 1. The van der Waals surface area contributed by atoms with Crippen molar-refractivity contribution in [3.05, 3.63) is 65.1 Å². The molecule has 2 aromatic heterocycles. The highest BCUT2D eigenvalue weighted by molar-refractivity contribution is 6.41. The first-order valence-electron chi connectivity index (χ1n) is 9.75. The van der Waals surface area contributed by atoms with Crippen LogP contribution in [-0.2, 0) is 14.3 Å². The number of carbonyl (C=O) groups excluding carboxylic acids is 4. The van der Waals surface area contributed by atoms with Gasteiger partial charge in [-0.25, -0.2) is 19.1 Å². The fourth-order valence-corrected chi connectivity index (χ4v) is 3.24.